The van der Waals surface area contributed by atoms with Gasteiger partial charge in [-0.1, -0.05) is 46.3 Å². The Balaban J connectivity index is 2.11. The maximum absolute atomic E-state index is 5.77. The van der Waals surface area contributed by atoms with Crippen LogP contribution >= 0.6 is 28.1 Å². The summed E-state index contributed by atoms with van der Waals surface area (Å²) in [6.45, 7) is 2.49. The Morgan fingerprint density at radius 3 is 2.63 bits per heavy atom. The zero-order chi connectivity index (χ0) is 13.8. The number of ether oxygens (including phenoxy) is 1. The van der Waals surface area contributed by atoms with Gasteiger partial charge in [0.15, 0.2) is 0 Å². The molecule has 2 nitrogen and oxygen atoms in total. The third-order valence-corrected chi connectivity index (χ3v) is 3.81. The molecule has 0 spiro atoms. The highest BCUT2D eigenvalue weighted by Crippen LogP contribution is 2.21. The zero-order valence-electron chi connectivity index (χ0n) is 10.5. The Morgan fingerprint density at radius 2 is 2.00 bits per heavy atom. The van der Waals surface area contributed by atoms with Crippen molar-refractivity contribution in [3.8, 4) is 5.75 Å². The van der Waals surface area contributed by atoms with Crippen molar-refractivity contribution in [2.24, 2.45) is 5.73 Å². The molecule has 2 aromatic carbocycles. The van der Waals surface area contributed by atoms with Gasteiger partial charge in [0, 0.05) is 15.6 Å². The van der Waals surface area contributed by atoms with E-state index in [0.29, 0.717) is 11.6 Å². The lowest BCUT2D eigenvalue weighted by atomic mass is 10.1. The highest BCUT2D eigenvalue weighted by molar-refractivity contribution is 9.10. The zero-order valence-corrected chi connectivity index (χ0v) is 12.9. The molecular weight excluding hydrogens is 322 g/mol. The maximum Gasteiger partial charge on any atom is 0.120 e. The van der Waals surface area contributed by atoms with Gasteiger partial charge in [-0.15, -0.1) is 0 Å². The minimum Gasteiger partial charge on any atom is -0.489 e. The van der Waals surface area contributed by atoms with E-state index in [9.17, 15) is 0 Å². The lowest BCUT2D eigenvalue weighted by Gasteiger charge is -2.10. The molecule has 2 N–H and O–H groups in total. The van der Waals surface area contributed by atoms with E-state index < -0.39 is 0 Å². The van der Waals surface area contributed by atoms with E-state index >= 15 is 0 Å². The minimum atomic E-state index is 0.412. The van der Waals surface area contributed by atoms with Crippen LogP contribution in [0.2, 0.25) is 0 Å². The average molecular weight is 336 g/mol. The van der Waals surface area contributed by atoms with Crippen molar-refractivity contribution < 1.29 is 4.74 Å². The summed E-state index contributed by atoms with van der Waals surface area (Å²) < 4.78 is 6.82. The Labute approximate surface area is 126 Å². The van der Waals surface area contributed by atoms with Crippen LogP contribution in [-0.4, -0.2) is 4.99 Å². The third kappa shape index (κ3) is 3.55. The van der Waals surface area contributed by atoms with Gasteiger partial charge in [-0.3, -0.25) is 0 Å². The Bertz CT molecular complexity index is 613. The number of halogens is 1. The highest BCUT2D eigenvalue weighted by atomic mass is 79.9. The molecule has 0 aliphatic heterocycles. The van der Waals surface area contributed by atoms with Gasteiger partial charge in [0.25, 0.3) is 0 Å². The number of nitrogens with two attached hydrogens (primary N) is 1. The van der Waals surface area contributed by atoms with E-state index in [1.807, 2.05) is 49.4 Å². The van der Waals surface area contributed by atoms with Gasteiger partial charge in [0.1, 0.15) is 17.3 Å². The molecular formula is C15H14BrNOS. The first-order valence-corrected chi connectivity index (χ1v) is 7.04. The molecule has 0 fully saturated rings. The fourth-order valence-corrected chi connectivity index (χ4v) is 2.41. The summed E-state index contributed by atoms with van der Waals surface area (Å²) in [7, 11) is 0. The molecule has 0 heterocycles. The molecule has 2 rings (SSSR count). The summed E-state index contributed by atoms with van der Waals surface area (Å²) in [5.41, 5.74) is 8.66. The molecule has 0 aromatic heterocycles. The van der Waals surface area contributed by atoms with Crippen LogP contribution in [0.3, 0.4) is 0 Å². The first kappa shape index (κ1) is 14.0. The van der Waals surface area contributed by atoms with Crippen molar-refractivity contribution in [3.05, 3.63) is 63.6 Å². The monoisotopic (exact) mass is 335 g/mol. The Hall–Kier alpha value is -1.39. The van der Waals surface area contributed by atoms with Crippen LogP contribution in [0.5, 0.6) is 5.75 Å². The first-order chi connectivity index (χ1) is 9.08. The molecule has 0 atom stereocenters. The minimum absolute atomic E-state index is 0.412. The van der Waals surface area contributed by atoms with E-state index in [-0.39, 0.29) is 0 Å². The van der Waals surface area contributed by atoms with Crippen molar-refractivity contribution in [1.29, 1.82) is 0 Å². The van der Waals surface area contributed by atoms with E-state index in [0.717, 1.165) is 26.9 Å². The van der Waals surface area contributed by atoms with E-state index in [2.05, 4.69) is 15.9 Å². The molecule has 2 aromatic rings. The predicted octanol–water partition coefficient (Wildman–Crippen LogP) is 3.97. The van der Waals surface area contributed by atoms with Gasteiger partial charge in [-0.2, -0.15) is 0 Å². The summed E-state index contributed by atoms with van der Waals surface area (Å²) in [5, 5.41) is 0. The van der Waals surface area contributed by atoms with Crippen molar-refractivity contribution in [2.75, 3.05) is 0 Å². The number of hydrogen-bond acceptors (Lipinski definition) is 2. The molecule has 0 saturated heterocycles. The Kier molecular flexibility index (Phi) is 4.56. The standard InChI is InChI=1S/C15H14BrNOS/c1-10-8-12(6-7-13(10)15(17)19)18-9-11-4-2-3-5-14(11)16/h2-8H,9H2,1H3,(H2,17,19). The SMILES string of the molecule is Cc1cc(OCc2ccccc2Br)ccc1C(N)=S. The third-order valence-electron chi connectivity index (χ3n) is 2.82. The summed E-state index contributed by atoms with van der Waals surface area (Å²) in [4.78, 5) is 0.412. The average Bonchev–Trinajstić information content (AvgIpc) is 2.37. The summed E-state index contributed by atoms with van der Waals surface area (Å²) in [6.07, 6.45) is 0. The topological polar surface area (TPSA) is 35.2 Å². The van der Waals surface area contributed by atoms with Gasteiger partial charge in [0.2, 0.25) is 0 Å². The van der Waals surface area contributed by atoms with Gasteiger partial charge in [0.05, 0.1) is 0 Å². The normalized spacial score (nSPS) is 10.2. The number of thiocarbonyl (C=S) groups is 1. The van der Waals surface area contributed by atoms with Crippen LogP contribution < -0.4 is 10.5 Å². The molecule has 0 bridgehead atoms. The molecule has 0 aliphatic rings. The second kappa shape index (κ2) is 6.17. The van der Waals surface area contributed by atoms with Crippen molar-refractivity contribution in [2.45, 2.75) is 13.5 Å². The van der Waals surface area contributed by atoms with Crippen LogP contribution in [0.15, 0.2) is 46.9 Å². The maximum atomic E-state index is 5.77. The number of benzene rings is 2. The van der Waals surface area contributed by atoms with Crippen LogP contribution in [0.4, 0.5) is 0 Å². The van der Waals surface area contributed by atoms with Gasteiger partial charge < -0.3 is 10.5 Å². The highest BCUT2D eigenvalue weighted by Gasteiger charge is 2.04. The molecule has 0 radical (unpaired) electrons. The van der Waals surface area contributed by atoms with E-state index in [1.165, 1.54) is 0 Å². The molecule has 4 heteroatoms. The van der Waals surface area contributed by atoms with Crippen LogP contribution in [0.1, 0.15) is 16.7 Å². The van der Waals surface area contributed by atoms with Gasteiger partial charge >= 0.3 is 0 Å². The molecule has 98 valence electrons. The van der Waals surface area contributed by atoms with E-state index in [1.54, 1.807) is 0 Å². The second-order valence-corrected chi connectivity index (χ2v) is 5.52. The number of aryl methyl sites for hydroxylation is 1. The molecule has 19 heavy (non-hydrogen) atoms. The summed E-state index contributed by atoms with van der Waals surface area (Å²) >= 11 is 8.48. The number of hydrogen-bond donors (Lipinski definition) is 1. The second-order valence-electron chi connectivity index (χ2n) is 4.22. The quantitative estimate of drug-likeness (QED) is 0.858. The van der Waals surface area contributed by atoms with Crippen LogP contribution in [0.25, 0.3) is 0 Å². The summed E-state index contributed by atoms with van der Waals surface area (Å²) in [5.74, 6) is 0.813. The van der Waals surface area contributed by atoms with Gasteiger partial charge in [-0.25, -0.2) is 0 Å². The molecule has 0 amide bonds. The fourth-order valence-electron chi connectivity index (χ4n) is 1.78. The smallest absolute Gasteiger partial charge is 0.120 e. The van der Waals surface area contributed by atoms with Crippen LogP contribution in [-0.2, 0) is 6.61 Å². The van der Waals surface area contributed by atoms with Gasteiger partial charge in [-0.05, 0) is 36.8 Å². The molecule has 0 saturated carbocycles. The van der Waals surface area contributed by atoms with Crippen molar-refractivity contribution in [3.63, 3.8) is 0 Å². The van der Waals surface area contributed by atoms with Crippen molar-refractivity contribution >= 4 is 33.1 Å². The van der Waals surface area contributed by atoms with E-state index in [4.69, 9.17) is 22.7 Å². The largest absolute Gasteiger partial charge is 0.489 e. The molecule has 0 unspecified atom stereocenters. The predicted molar refractivity (Wildman–Crippen MR) is 85.5 cm³/mol. The fraction of sp³-hybridized carbons (Fsp3) is 0.133. The van der Waals surface area contributed by atoms with Crippen molar-refractivity contribution in [1.82, 2.24) is 0 Å². The lowest BCUT2D eigenvalue weighted by Crippen LogP contribution is -2.11. The number of rotatable bonds is 4. The van der Waals surface area contributed by atoms with Crippen LogP contribution in [0, 0.1) is 6.92 Å². The lowest BCUT2D eigenvalue weighted by molar-refractivity contribution is 0.305. The Morgan fingerprint density at radius 1 is 1.26 bits per heavy atom. The summed E-state index contributed by atoms with van der Waals surface area (Å²) in [6, 6.07) is 13.7. The first-order valence-electron chi connectivity index (χ1n) is 5.84. The molecule has 0 aliphatic carbocycles.